The summed E-state index contributed by atoms with van der Waals surface area (Å²) in [7, 11) is 0. The molecule has 4 aromatic rings. The molecule has 3 N–H and O–H groups in total. The first kappa shape index (κ1) is 46.3. The van der Waals surface area contributed by atoms with Crippen molar-refractivity contribution < 1.29 is 47.0 Å². The zero-order chi connectivity index (χ0) is 43.0. The van der Waals surface area contributed by atoms with Crippen LogP contribution in [-0.4, -0.2) is 36.2 Å². The van der Waals surface area contributed by atoms with Gasteiger partial charge in [0.05, 0.1) is 37.9 Å². The third kappa shape index (κ3) is 12.6. The van der Waals surface area contributed by atoms with Gasteiger partial charge in [0.15, 0.2) is 23.1 Å². The van der Waals surface area contributed by atoms with Crippen molar-refractivity contribution in [2.45, 2.75) is 47.3 Å². The molecule has 4 rings (SSSR count). The fourth-order valence-electron chi connectivity index (χ4n) is 4.84. The van der Waals surface area contributed by atoms with E-state index in [-0.39, 0.29) is 81.9 Å². The van der Waals surface area contributed by atoms with Crippen molar-refractivity contribution in [2.75, 3.05) is 17.2 Å². The minimum Gasteiger partial charge on any atom is -0.486 e. The number of carbonyl (C=O) groups is 5. The Hall–Kier alpha value is -4.37. The summed E-state index contributed by atoms with van der Waals surface area (Å²) in [5.41, 5.74) is -0.131. The molecule has 19 heteroatoms. The van der Waals surface area contributed by atoms with Gasteiger partial charge in [0.1, 0.15) is 19.8 Å². The van der Waals surface area contributed by atoms with Crippen LogP contribution >= 0.6 is 69.6 Å². The van der Waals surface area contributed by atoms with Crippen molar-refractivity contribution in [3.8, 4) is 11.5 Å². The molecule has 308 valence electrons. The second-order valence-corrected chi connectivity index (χ2v) is 15.6. The number of anilines is 2. The molecule has 0 fully saturated rings. The van der Waals surface area contributed by atoms with E-state index in [4.69, 9.17) is 83.8 Å². The van der Waals surface area contributed by atoms with Crippen molar-refractivity contribution in [2.24, 2.45) is 11.8 Å². The van der Waals surface area contributed by atoms with E-state index < -0.39 is 72.7 Å². The van der Waals surface area contributed by atoms with Gasteiger partial charge in [-0.2, -0.15) is 0 Å². The Bertz CT molecular complexity index is 2230. The molecule has 0 saturated heterocycles. The van der Waals surface area contributed by atoms with E-state index in [0.717, 1.165) is 0 Å². The number of rotatable bonds is 15. The van der Waals surface area contributed by atoms with E-state index in [9.17, 15) is 24.0 Å². The first-order chi connectivity index (χ1) is 27.2. The summed E-state index contributed by atoms with van der Waals surface area (Å²) in [6.07, 6.45) is -0.457. The molecule has 0 atom stereocenters. The Morgan fingerprint density at radius 1 is 0.603 bits per heavy atom. The molecule has 0 spiro atoms. The van der Waals surface area contributed by atoms with Crippen molar-refractivity contribution in [1.82, 2.24) is 5.32 Å². The maximum atomic E-state index is 15.1. The Kier molecular flexibility index (Phi) is 16.4. The van der Waals surface area contributed by atoms with Gasteiger partial charge >= 0.3 is 11.9 Å². The number of halogens is 8. The Labute approximate surface area is 361 Å². The van der Waals surface area contributed by atoms with Gasteiger partial charge in [-0.25, -0.2) is 13.6 Å². The third-order valence-corrected chi connectivity index (χ3v) is 9.38. The van der Waals surface area contributed by atoms with E-state index in [2.05, 4.69) is 16.0 Å². The molecular weight excluding hydrogens is 889 g/mol. The molecule has 0 unspecified atom stereocenters. The van der Waals surface area contributed by atoms with Crippen LogP contribution in [0.3, 0.4) is 0 Å². The molecule has 0 aliphatic rings. The van der Waals surface area contributed by atoms with Crippen LogP contribution in [0.15, 0.2) is 48.5 Å². The van der Waals surface area contributed by atoms with Gasteiger partial charge in [0.25, 0.3) is 5.91 Å². The summed E-state index contributed by atoms with van der Waals surface area (Å²) in [5.74, 6) is -6.25. The highest BCUT2D eigenvalue weighted by Crippen LogP contribution is 2.37. The lowest BCUT2D eigenvalue weighted by Crippen LogP contribution is -2.32. The molecule has 0 aliphatic carbocycles. The first-order valence-corrected chi connectivity index (χ1v) is 19.3. The van der Waals surface area contributed by atoms with Gasteiger partial charge in [0, 0.05) is 38.6 Å². The summed E-state index contributed by atoms with van der Waals surface area (Å²) >= 11 is 37.6. The molecule has 0 heterocycles. The van der Waals surface area contributed by atoms with Crippen molar-refractivity contribution >= 4 is 111 Å². The van der Waals surface area contributed by atoms with Crippen LogP contribution in [-0.2, 0) is 43.5 Å². The first-order valence-electron chi connectivity index (χ1n) is 17.1. The molecular formula is C39H33Cl6F2N3O8. The lowest BCUT2D eigenvalue weighted by molar-refractivity contribution is -0.158. The summed E-state index contributed by atoms with van der Waals surface area (Å²) in [6.45, 7) is 5.09. The lowest BCUT2D eigenvalue weighted by Gasteiger charge is -2.15. The normalized spacial score (nSPS) is 11.0. The number of hydrogen-bond donors (Lipinski definition) is 3. The van der Waals surface area contributed by atoms with Crippen molar-refractivity contribution in [3.05, 3.63) is 113 Å². The number of carbonyl (C=O) groups excluding carboxylic acids is 5. The minimum absolute atomic E-state index is 0.00191. The second kappa shape index (κ2) is 20.5. The molecule has 58 heavy (non-hydrogen) atoms. The molecule has 0 bridgehead atoms. The predicted octanol–water partition coefficient (Wildman–Crippen LogP) is 10.3. The number of benzene rings is 4. The zero-order valence-electron chi connectivity index (χ0n) is 30.9. The molecule has 0 saturated carbocycles. The summed E-state index contributed by atoms with van der Waals surface area (Å²) in [4.78, 5) is 61.9. The van der Waals surface area contributed by atoms with Gasteiger partial charge in [-0.3, -0.25) is 19.2 Å². The Morgan fingerprint density at radius 3 is 1.43 bits per heavy atom. The van der Waals surface area contributed by atoms with Crippen LogP contribution in [0.4, 0.5) is 20.2 Å². The standard InChI is InChI=1S/C39H33Cl6F2N3O8/c1-17(2)37(53)49-29-12-23(40)8-21(33(29)46)15-56-35-25(42)5-19(6-26(35)43)7-31(51)58-32(52)14-48-39(55)20-10-27(44)36(28(45)11-20)57-16-22-9-24(41)13-30(34(22)47)50-38(54)18(3)4/h5-6,8-13,17-18H,7,14-16H2,1-4H3,(H,48,55)(H,49,53)(H,50,54). The highest BCUT2D eigenvalue weighted by molar-refractivity contribution is 6.38. The van der Waals surface area contributed by atoms with Crippen LogP contribution in [0.1, 0.15) is 54.7 Å². The van der Waals surface area contributed by atoms with Gasteiger partial charge < -0.3 is 30.2 Å². The van der Waals surface area contributed by atoms with Gasteiger partial charge in [-0.1, -0.05) is 97.3 Å². The van der Waals surface area contributed by atoms with Gasteiger partial charge in [-0.15, -0.1) is 0 Å². The lowest BCUT2D eigenvalue weighted by atomic mass is 10.1. The molecule has 11 nitrogen and oxygen atoms in total. The topological polar surface area (TPSA) is 149 Å². The summed E-state index contributed by atoms with van der Waals surface area (Å²) in [6, 6.07) is 10.2. The van der Waals surface area contributed by atoms with Crippen LogP contribution in [0, 0.1) is 23.5 Å². The summed E-state index contributed by atoms with van der Waals surface area (Å²) < 4.78 is 46.3. The fourth-order valence-corrected chi connectivity index (χ4v) is 6.56. The Morgan fingerprint density at radius 2 is 1.02 bits per heavy atom. The number of esters is 2. The molecule has 3 amide bonds. The van der Waals surface area contributed by atoms with E-state index in [1.807, 2.05) is 0 Å². The zero-order valence-corrected chi connectivity index (χ0v) is 35.4. The number of nitrogens with one attached hydrogen (secondary N) is 3. The fraction of sp³-hybridized carbons (Fsp3) is 0.256. The predicted molar refractivity (Wildman–Crippen MR) is 218 cm³/mol. The minimum atomic E-state index is -1.10. The average Bonchev–Trinajstić information content (AvgIpc) is 3.12. The van der Waals surface area contributed by atoms with Crippen LogP contribution in [0.5, 0.6) is 11.5 Å². The third-order valence-electron chi connectivity index (χ3n) is 7.82. The quantitative estimate of drug-likeness (QED) is 0.0788. The van der Waals surface area contributed by atoms with Crippen LogP contribution < -0.4 is 25.4 Å². The average molecular weight is 922 g/mol. The molecule has 0 aromatic heterocycles. The highest BCUT2D eigenvalue weighted by Gasteiger charge is 2.21. The largest absolute Gasteiger partial charge is 0.486 e. The van der Waals surface area contributed by atoms with E-state index in [0.29, 0.717) is 0 Å². The molecule has 0 aliphatic heterocycles. The van der Waals surface area contributed by atoms with E-state index in [1.165, 1.54) is 48.5 Å². The maximum Gasteiger partial charge on any atom is 0.333 e. The number of hydrogen-bond acceptors (Lipinski definition) is 8. The summed E-state index contributed by atoms with van der Waals surface area (Å²) in [5, 5.41) is 7.14. The number of ether oxygens (including phenoxy) is 3. The molecule has 0 radical (unpaired) electrons. The number of amides is 3. The van der Waals surface area contributed by atoms with Crippen molar-refractivity contribution in [1.29, 1.82) is 0 Å². The van der Waals surface area contributed by atoms with Gasteiger partial charge in [0.2, 0.25) is 11.8 Å². The molecule has 4 aromatic carbocycles. The van der Waals surface area contributed by atoms with Gasteiger partial charge in [-0.05, 0) is 54.1 Å². The monoisotopic (exact) mass is 919 g/mol. The maximum absolute atomic E-state index is 15.1. The van der Waals surface area contributed by atoms with Crippen LogP contribution in [0.25, 0.3) is 0 Å². The second-order valence-electron chi connectivity index (χ2n) is 13.1. The van der Waals surface area contributed by atoms with Crippen LogP contribution in [0.2, 0.25) is 30.1 Å². The van der Waals surface area contributed by atoms with E-state index >= 15 is 8.78 Å². The van der Waals surface area contributed by atoms with Crippen molar-refractivity contribution in [3.63, 3.8) is 0 Å². The SMILES string of the molecule is CC(C)C(=O)Nc1cc(Cl)cc(COc2c(Cl)cc(CC(=O)OC(=O)CNC(=O)c3cc(Cl)c(OCc4cc(Cl)cc(NC(=O)C(C)C)c4F)c(Cl)c3)cc2Cl)c1F. The smallest absolute Gasteiger partial charge is 0.333 e. The highest BCUT2D eigenvalue weighted by atomic mass is 35.5. The van der Waals surface area contributed by atoms with E-state index in [1.54, 1.807) is 27.7 Å². The Balaban J connectivity index is 1.31.